The van der Waals surface area contributed by atoms with Crippen molar-refractivity contribution in [1.29, 1.82) is 0 Å². The van der Waals surface area contributed by atoms with Gasteiger partial charge in [0.25, 0.3) is 0 Å². The van der Waals surface area contributed by atoms with Gasteiger partial charge in [0.1, 0.15) is 11.3 Å². The van der Waals surface area contributed by atoms with Crippen LogP contribution in [-0.4, -0.2) is 32.0 Å². The van der Waals surface area contributed by atoms with Gasteiger partial charge in [-0.25, -0.2) is 14.3 Å². The molecule has 0 bridgehead atoms. The van der Waals surface area contributed by atoms with Crippen molar-refractivity contribution in [2.45, 2.75) is 6.36 Å². The molecule has 1 N–H and O–H groups in total. The van der Waals surface area contributed by atoms with E-state index in [0.29, 0.717) is 27.4 Å². The molecule has 10 heteroatoms. The molecule has 0 atom stereocenters. The van der Waals surface area contributed by atoms with Crippen LogP contribution in [0.5, 0.6) is 5.75 Å². The Kier molecular flexibility index (Phi) is 4.83. The number of hydrogen-bond donors (Lipinski definition) is 1. The van der Waals surface area contributed by atoms with Gasteiger partial charge < -0.3 is 9.84 Å². The predicted octanol–water partition coefficient (Wildman–Crippen LogP) is 5.31. The summed E-state index contributed by atoms with van der Waals surface area (Å²) < 4.78 is 42.6. The van der Waals surface area contributed by atoms with Crippen LogP contribution in [0.1, 0.15) is 10.4 Å². The van der Waals surface area contributed by atoms with Gasteiger partial charge in [-0.3, -0.25) is 0 Å². The first-order valence-corrected chi connectivity index (χ1v) is 8.83. The smallest absolute Gasteiger partial charge is 0.477 e. The van der Waals surface area contributed by atoms with E-state index in [2.05, 4.69) is 14.8 Å². The van der Waals surface area contributed by atoms with Crippen LogP contribution >= 0.6 is 11.6 Å². The summed E-state index contributed by atoms with van der Waals surface area (Å²) in [5.41, 5.74) is 1.98. The third kappa shape index (κ3) is 3.67. The highest BCUT2D eigenvalue weighted by Crippen LogP contribution is 2.37. The van der Waals surface area contributed by atoms with Gasteiger partial charge in [-0.2, -0.15) is 5.10 Å². The number of nitrogens with zero attached hydrogens (tertiary/aromatic N) is 3. The Morgan fingerprint density at radius 2 is 1.73 bits per heavy atom. The summed E-state index contributed by atoms with van der Waals surface area (Å²) in [6.45, 7) is 0. The molecule has 0 unspecified atom stereocenters. The number of alkyl halides is 3. The second-order valence-electron chi connectivity index (χ2n) is 6.17. The maximum atomic E-state index is 12.5. The Hall–Kier alpha value is -3.59. The van der Waals surface area contributed by atoms with Crippen molar-refractivity contribution < 1.29 is 27.8 Å². The van der Waals surface area contributed by atoms with Crippen molar-refractivity contribution in [3.05, 3.63) is 71.5 Å². The van der Waals surface area contributed by atoms with Gasteiger partial charge in [0.2, 0.25) is 0 Å². The third-order valence-electron chi connectivity index (χ3n) is 4.28. The van der Waals surface area contributed by atoms with Crippen LogP contribution in [0.15, 0.2) is 60.9 Å². The first-order chi connectivity index (χ1) is 14.2. The first-order valence-electron chi connectivity index (χ1n) is 8.46. The number of carbonyl (C=O) groups is 1. The Morgan fingerprint density at radius 3 is 2.37 bits per heavy atom. The summed E-state index contributed by atoms with van der Waals surface area (Å²) in [7, 11) is 0. The molecule has 2 heterocycles. The van der Waals surface area contributed by atoms with Gasteiger partial charge in [-0.05, 0) is 30.3 Å². The lowest BCUT2D eigenvalue weighted by Gasteiger charge is -2.14. The normalized spacial score (nSPS) is 11.6. The highest BCUT2D eigenvalue weighted by Gasteiger charge is 2.31. The monoisotopic (exact) mass is 433 g/mol. The van der Waals surface area contributed by atoms with E-state index in [1.165, 1.54) is 22.8 Å². The standard InChI is InChI=1S/C20H11ClF3N3O3/c21-16-4-2-1-3-13(16)14-9-25-18-15(19(28)29)10-26-27(18)17(14)11-5-7-12(8-6-11)30-20(22,23)24/h1-10H,(H,28,29). The lowest BCUT2D eigenvalue weighted by Crippen LogP contribution is -2.17. The molecule has 0 spiro atoms. The number of carboxylic acid groups (broad SMARTS) is 1. The fourth-order valence-electron chi connectivity index (χ4n) is 3.05. The maximum absolute atomic E-state index is 12.5. The molecule has 0 radical (unpaired) electrons. The van der Waals surface area contributed by atoms with Gasteiger partial charge in [0, 0.05) is 27.9 Å². The average molecular weight is 434 g/mol. The van der Waals surface area contributed by atoms with Gasteiger partial charge in [0.05, 0.1) is 11.9 Å². The van der Waals surface area contributed by atoms with Crippen LogP contribution in [0.2, 0.25) is 5.02 Å². The highest BCUT2D eigenvalue weighted by atomic mass is 35.5. The van der Waals surface area contributed by atoms with E-state index in [0.717, 1.165) is 18.3 Å². The molecular weight excluding hydrogens is 423 g/mol. The van der Waals surface area contributed by atoms with E-state index in [1.807, 2.05) is 0 Å². The lowest BCUT2D eigenvalue weighted by atomic mass is 10.0. The van der Waals surface area contributed by atoms with Crippen molar-refractivity contribution in [3.8, 4) is 28.1 Å². The molecular formula is C20H11ClF3N3O3. The first kappa shape index (κ1) is 19.7. The Labute approximate surface area is 172 Å². The highest BCUT2D eigenvalue weighted by molar-refractivity contribution is 6.33. The molecule has 0 saturated heterocycles. The minimum absolute atomic E-state index is 0.0870. The maximum Gasteiger partial charge on any atom is 0.573 e. The van der Waals surface area contributed by atoms with Crippen molar-refractivity contribution in [2.24, 2.45) is 0 Å². The number of aromatic nitrogens is 3. The summed E-state index contributed by atoms with van der Waals surface area (Å²) in [6, 6.07) is 12.1. The minimum Gasteiger partial charge on any atom is -0.477 e. The zero-order chi connectivity index (χ0) is 21.5. The van der Waals surface area contributed by atoms with E-state index in [1.54, 1.807) is 24.3 Å². The molecule has 30 heavy (non-hydrogen) atoms. The van der Waals surface area contributed by atoms with Crippen molar-refractivity contribution >= 4 is 23.2 Å². The summed E-state index contributed by atoms with van der Waals surface area (Å²) >= 11 is 6.33. The van der Waals surface area contributed by atoms with E-state index in [-0.39, 0.29) is 17.0 Å². The molecule has 0 aliphatic rings. The number of hydrogen-bond acceptors (Lipinski definition) is 4. The topological polar surface area (TPSA) is 76.7 Å². The third-order valence-corrected chi connectivity index (χ3v) is 4.61. The van der Waals surface area contributed by atoms with E-state index < -0.39 is 12.3 Å². The molecule has 4 rings (SSSR count). The predicted molar refractivity (Wildman–Crippen MR) is 103 cm³/mol. The van der Waals surface area contributed by atoms with E-state index >= 15 is 0 Å². The van der Waals surface area contributed by atoms with Crippen LogP contribution in [0.4, 0.5) is 13.2 Å². The Balaban J connectivity index is 1.95. The molecule has 0 fully saturated rings. The number of rotatable bonds is 4. The second-order valence-corrected chi connectivity index (χ2v) is 6.58. The number of benzene rings is 2. The number of aromatic carboxylic acids is 1. The van der Waals surface area contributed by atoms with Gasteiger partial charge >= 0.3 is 12.3 Å². The molecule has 4 aromatic rings. The number of fused-ring (bicyclic) bond motifs is 1. The molecule has 2 aromatic carbocycles. The molecule has 0 aliphatic carbocycles. The van der Waals surface area contributed by atoms with Crippen LogP contribution in [0.25, 0.3) is 28.0 Å². The summed E-state index contributed by atoms with van der Waals surface area (Å²) in [5.74, 6) is -1.59. The van der Waals surface area contributed by atoms with Gasteiger partial charge in [-0.1, -0.05) is 29.8 Å². The van der Waals surface area contributed by atoms with Crippen molar-refractivity contribution in [3.63, 3.8) is 0 Å². The van der Waals surface area contributed by atoms with Gasteiger partial charge in [0.15, 0.2) is 5.65 Å². The molecule has 152 valence electrons. The lowest BCUT2D eigenvalue weighted by molar-refractivity contribution is -0.274. The summed E-state index contributed by atoms with van der Waals surface area (Å²) in [6.07, 6.45) is -2.20. The minimum atomic E-state index is -4.81. The summed E-state index contributed by atoms with van der Waals surface area (Å²) in [4.78, 5) is 15.7. The number of carboxylic acids is 1. The van der Waals surface area contributed by atoms with E-state index in [9.17, 15) is 23.1 Å². The number of ether oxygens (including phenoxy) is 1. The summed E-state index contributed by atoms with van der Waals surface area (Å²) in [5, 5.41) is 13.9. The zero-order valence-corrected chi connectivity index (χ0v) is 15.6. The zero-order valence-electron chi connectivity index (χ0n) is 14.9. The van der Waals surface area contributed by atoms with Crippen LogP contribution in [0.3, 0.4) is 0 Å². The van der Waals surface area contributed by atoms with Crippen LogP contribution in [-0.2, 0) is 0 Å². The molecule has 0 amide bonds. The van der Waals surface area contributed by atoms with Crippen molar-refractivity contribution in [1.82, 2.24) is 14.6 Å². The van der Waals surface area contributed by atoms with Crippen molar-refractivity contribution in [2.75, 3.05) is 0 Å². The quantitative estimate of drug-likeness (QED) is 0.471. The van der Waals surface area contributed by atoms with E-state index in [4.69, 9.17) is 11.6 Å². The second kappa shape index (κ2) is 7.34. The molecule has 2 aromatic heterocycles. The Bertz CT molecular complexity index is 1250. The SMILES string of the molecule is O=C(O)c1cnn2c(-c3ccc(OC(F)(F)F)cc3)c(-c3ccccc3Cl)cnc12. The fourth-order valence-corrected chi connectivity index (χ4v) is 3.29. The average Bonchev–Trinajstić information content (AvgIpc) is 3.12. The Morgan fingerprint density at radius 1 is 1.03 bits per heavy atom. The molecule has 6 nitrogen and oxygen atoms in total. The largest absolute Gasteiger partial charge is 0.573 e. The number of halogens is 4. The molecule has 0 aliphatic heterocycles. The van der Waals surface area contributed by atoms with Crippen LogP contribution < -0.4 is 4.74 Å². The fraction of sp³-hybridized carbons (Fsp3) is 0.0500. The molecule has 0 saturated carbocycles. The van der Waals surface area contributed by atoms with Crippen LogP contribution in [0, 0.1) is 0 Å². The van der Waals surface area contributed by atoms with Gasteiger partial charge in [-0.15, -0.1) is 13.2 Å².